The molecule has 35 heavy (non-hydrogen) atoms. The number of nitro benzene ring substituents is 1. The number of aromatic amines is 1. The lowest BCUT2D eigenvalue weighted by molar-refractivity contribution is -0.384. The first-order valence-corrected chi connectivity index (χ1v) is 10.6. The molecule has 1 N–H and O–H groups in total. The number of nitrogens with zero attached hydrogens (tertiary/aromatic N) is 3. The summed E-state index contributed by atoms with van der Waals surface area (Å²) >= 11 is 0. The van der Waals surface area contributed by atoms with Gasteiger partial charge in [-0.3, -0.25) is 20.0 Å². The molecular weight excluding hydrogens is 461 g/mol. The molecule has 4 rings (SSSR count). The van der Waals surface area contributed by atoms with Crippen LogP contribution in [0.3, 0.4) is 0 Å². The van der Waals surface area contributed by atoms with E-state index in [-0.39, 0.29) is 17.3 Å². The van der Waals surface area contributed by atoms with Gasteiger partial charge in [-0.1, -0.05) is 36.4 Å². The molecule has 1 heterocycles. The molecule has 0 saturated heterocycles. The first-order valence-electron chi connectivity index (χ1n) is 10.6. The summed E-state index contributed by atoms with van der Waals surface area (Å²) in [6.45, 7) is 2.13. The van der Waals surface area contributed by atoms with Crippen LogP contribution in [0, 0.1) is 10.1 Å². The van der Waals surface area contributed by atoms with Gasteiger partial charge in [0.1, 0.15) is 5.69 Å². The average Bonchev–Trinajstić information content (AvgIpc) is 3.35. The predicted molar refractivity (Wildman–Crippen MR) is 125 cm³/mol. The Balaban J connectivity index is 1.51. The summed E-state index contributed by atoms with van der Waals surface area (Å²) in [6.07, 6.45) is -4.39. The minimum absolute atomic E-state index is 0.0687. The molecule has 0 aliphatic heterocycles. The Morgan fingerprint density at radius 2 is 1.49 bits per heavy atom. The Hall–Kier alpha value is -4.47. The van der Waals surface area contributed by atoms with Crippen LogP contribution in [-0.2, 0) is 6.18 Å². The molecule has 0 fully saturated rings. The van der Waals surface area contributed by atoms with Crippen molar-refractivity contribution in [3.8, 4) is 22.4 Å². The number of hydrogen-bond acceptors (Lipinski definition) is 4. The van der Waals surface area contributed by atoms with Crippen molar-refractivity contribution in [2.24, 2.45) is 0 Å². The van der Waals surface area contributed by atoms with Gasteiger partial charge in [-0.25, -0.2) is 0 Å². The van der Waals surface area contributed by atoms with Gasteiger partial charge in [-0.15, -0.1) is 0 Å². The van der Waals surface area contributed by atoms with Gasteiger partial charge in [0.25, 0.3) is 11.6 Å². The molecule has 4 aromatic rings. The first-order chi connectivity index (χ1) is 16.7. The van der Waals surface area contributed by atoms with Gasteiger partial charge in [0.15, 0.2) is 0 Å². The molecule has 0 spiro atoms. The molecular formula is C25H19F3N4O3. The van der Waals surface area contributed by atoms with Crippen molar-refractivity contribution in [2.45, 2.75) is 13.1 Å². The number of benzene rings is 3. The minimum atomic E-state index is -4.39. The van der Waals surface area contributed by atoms with Crippen molar-refractivity contribution in [1.29, 1.82) is 0 Å². The van der Waals surface area contributed by atoms with E-state index >= 15 is 0 Å². The van der Waals surface area contributed by atoms with Gasteiger partial charge in [0.05, 0.1) is 16.2 Å². The Kier molecular flexibility index (Phi) is 6.37. The van der Waals surface area contributed by atoms with Crippen molar-refractivity contribution in [2.75, 3.05) is 11.4 Å². The van der Waals surface area contributed by atoms with Crippen LogP contribution in [0.5, 0.6) is 0 Å². The third-order valence-electron chi connectivity index (χ3n) is 5.47. The summed E-state index contributed by atoms with van der Waals surface area (Å²) in [5.74, 6) is -0.346. The monoisotopic (exact) mass is 480 g/mol. The zero-order chi connectivity index (χ0) is 25.2. The molecule has 0 saturated carbocycles. The van der Waals surface area contributed by atoms with Crippen LogP contribution >= 0.6 is 0 Å². The number of amides is 1. The number of non-ortho nitro benzene ring substituents is 1. The van der Waals surface area contributed by atoms with Crippen LogP contribution in [0.1, 0.15) is 23.0 Å². The Labute approximate surface area is 198 Å². The summed E-state index contributed by atoms with van der Waals surface area (Å²) in [5.41, 5.74) is 2.60. The number of carbonyl (C=O) groups excluding carboxylic acids is 1. The van der Waals surface area contributed by atoms with Crippen LogP contribution in [0.15, 0.2) is 78.9 Å². The highest BCUT2D eigenvalue weighted by Gasteiger charge is 2.30. The molecule has 0 unspecified atom stereocenters. The summed E-state index contributed by atoms with van der Waals surface area (Å²) in [7, 11) is 0. The number of hydrogen-bond donors (Lipinski definition) is 1. The third kappa shape index (κ3) is 5.06. The maximum Gasteiger partial charge on any atom is 0.416 e. The smallest absolute Gasteiger partial charge is 0.307 e. The molecule has 1 amide bonds. The van der Waals surface area contributed by atoms with Crippen molar-refractivity contribution >= 4 is 17.3 Å². The van der Waals surface area contributed by atoms with E-state index in [1.54, 1.807) is 37.3 Å². The van der Waals surface area contributed by atoms with E-state index in [9.17, 15) is 28.1 Å². The maximum absolute atomic E-state index is 13.0. The van der Waals surface area contributed by atoms with E-state index in [4.69, 9.17) is 0 Å². The number of carbonyl (C=O) groups is 1. The normalized spacial score (nSPS) is 11.3. The van der Waals surface area contributed by atoms with Crippen LogP contribution < -0.4 is 4.90 Å². The zero-order valence-corrected chi connectivity index (χ0v) is 18.4. The van der Waals surface area contributed by atoms with E-state index in [2.05, 4.69) is 10.2 Å². The summed E-state index contributed by atoms with van der Waals surface area (Å²) in [6, 6.07) is 19.3. The van der Waals surface area contributed by atoms with Gasteiger partial charge in [-0.2, -0.15) is 18.3 Å². The topological polar surface area (TPSA) is 92.1 Å². The van der Waals surface area contributed by atoms with Gasteiger partial charge in [0.2, 0.25) is 0 Å². The lowest BCUT2D eigenvalue weighted by Crippen LogP contribution is -2.30. The van der Waals surface area contributed by atoms with Crippen molar-refractivity contribution in [3.63, 3.8) is 0 Å². The number of anilines is 1. The molecule has 0 aliphatic rings. The fraction of sp³-hybridized carbons (Fsp3) is 0.120. The zero-order valence-electron chi connectivity index (χ0n) is 18.4. The Morgan fingerprint density at radius 1 is 0.943 bits per heavy atom. The number of rotatable bonds is 6. The molecule has 0 radical (unpaired) electrons. The molecule has 0 bridgehead atoms. The van der Waals surface area contributed by atoms with E-state index in [0.717, 1.165) is 17.7 Å². The summed E-state index contributed by atoms with van der Waals surface area (Å²) < 4.78 is 38.3. The highest BCUT2D eigenvalue weighted by molar-refractivity contribution is 6.05. The van der Waals surface area contributed by atoms with Crippen LogP contribution in [0.25, 0.3) is 22.4 Å². The molecule has 10 heteroatoms. The molecule has 0 aliphatic carbocycles. The maximum atomic E-state index is 13.0. The van der Waals surface area contributed by atoms with Crippen LogP contribution in [-0.4, -0.2) is 27.6 Å². The van der Waals surface area contributed by atoms with E-state index < -0.39 is 16.7 Å². The Morgan fingerprint density at radius 3 is 2.00 bits per heavy atom. The van der Waals surface area contributed by atoms with E-state index in [1.165, 1.54) is 41.3 Å². The number of H-pyrrole nitrogens is 1. The molecule has 7 nitrogen and oxygen atoms in total. The van der Waals surface area contributed by atoms with Crippen LogP contribution in [0.4, 0.5) is 24.5 Å². The number of alkyl halides is 3. The second-order valence-electron chi connectivity index (χ2n) is 7.64. The molecule has 178 valence electrons. The molecule has 0 atom stereocenters. The fourth-order valence-corrected chi connectivity index (χ4v) is 3.61. The van der Waals surface area contributed by atoms with E-state index in [1.807, 2.05) is 0 Å². The second kappa shape index (κ2) is 9.41. The first kappa shape index (κ1) is 23.7. The summed E-state index contributed by atoms with van der Waals surface area (Å²) in [4.78, 5) is 24.8. The van der Waals surface area contributed by atoms with Crippen molar-refractivity contribution in [3.05, 3.63) is 100 Å². The van der Waals surface area contributed by atoms with Gasteiger partial charge in [0, 0.05) is 29.9 Å². The summed E-state index contributed by atoms with van der Waals surface area (Å²) in [5, 5.41) is 17.8. The number of nitrogens with one attached hydrogen (secondary N) is 1. The minimum Gasteiger partial charge on any atom is -0.307 e. The van der Waals surface area contributed by atoms with Crippen molar-refractivity contribution < 1.29 is 22.9 Å². The average molecular weight is 480 g/mol. The number of aromatic nitrogens is 2. The fourth-order valence-electron chi connectivity index (χ4n) is 3.61. The van der Waals surface area contributed by atoms with E-state index in [0.29, 0.717) is 29.1 Å². The molecule has 1 aromatic heterocycles. The van der Waals surface area contributed by atoms with Crippen LogP contribution in [0.2, 0.25) is 0 Å². The lowest BCUT2D eigenvalue weighted by atomic mass is 10.0. The second-order valence-corrected chi connectivity index (χ2v) is 7.64. The highest BCUT2D eigenvalue weighted by atomic mass is 19.4. The standard InChI is InChI=1S/C25H19F3N4O3/c1-2-31(20-11-13-21(14-12-20)32(34)35)24(33)23-15-22(29-30-23)18-5-3-16(4-6-18)17-7-9-19(10-8-17)25(26,27)28/h3-15H,2H2,1H3,(H,29,30). The number of halogens is 3. The quantitative estimate of drug-likeness (QED) is 0.258. The SMILES string of the molecule is CCN(C(=O)c1cc(-c2ccc(-c3ccc(C(F)(F)F)cc3)cc2)n[nH]1)c1ccc([N+](=O)[O-])cc1. The molecule has 3 aromatic carbocycles. The van der Waals surface area contributed by atoms with Crippen molar-refractivity contribution in [1.82, 2.24) is 10.2 Å². The van der Waals surface area contributed by atoms with Gasteiger partial charge >= 0.3 is 6.18 Å². The lowest BCUT2D eigenvalue weighted by Gasteiger charge is -2.19. The third-order valence-corrected chi connectivity index (χ3v) is 5.47. The predicted octanol–water partition coefficient (Wildman–Crippen LogP) is 6.34. The van der Waals surface area contributed by atoms with Gasteiger partial charge < -0.3 is 4.90 Å². The number of nitro groups is 1. The largest absolute Gasteiger partial charge is 0.416 e. The highest BCUT2D eigenvalue weighted by Crippen LogP contribution is 2.31. The van der Waals surface area contributed by atoms with Gasteiger partial charge in [-0.05, 0) is 48.4 Å². The Bertz CT molecular complexity index is 1350.